The summed E-state index contributed by atoms with van der Waals surface area (Å²) in [4.78, 5) is 0. The molecule has 19 heavy (non-hydrogen) atoms. The molecule has 1 aliphatic carbocycles. The van der Waals surface area contributed by atoms with Crippen LogP contribution in [0.1, 0.15) is 62.6 Å². The minimum atomic E-state index is -0.162. The van der Waals surface area contributed by atoms with E-state index in [1.807, 2.05) is 7.11 Å². The molecule has 0 spiro atoms. The maximum absolute atomic E-state index is 6.55. The molecule has 2 rings (SSSR count). The van der Waals surface area contributed by atoms with Crippen LogP contribution in [0.2, 0.25) is 0 Å². The maximum atomic E-state index is 6.55. The van der Waals surface area contributed by atoms with Gasteiger partial charge < -0.3 is 10.5 Å². The number of rotatable bonds is 4. The SMILES string of the molecule is CCc1ccc(C(N)C2(OC)CCCCCC2)cc1. The van der Waals surface area contributed by atoms with Crippen molar-refractivity contribution < 1.29 is 4.74 Å². The topological polar surface area (TPSA) is 35.2 Å². The third kappa shape index (κ3) is 3.18. The Hall–Kier alpha value is -0.860. The van der Waals surface area contributed by atoms with E-state index in [9.17, 15) is 0 Å². The summed E-state index contributed by atoms with van der Waals surface area (Å²) in [7, 11) is 1.82. The number of hydrogen-bond acceptors (Lipinski definition) is 2. The van der Waals surface area contributed by atoms with Crippen LogP contribution in [0.4, 0.5) is 0 Å². The van der Waals surface area contributed by atoms with Crippen molar-refractivity contribution in [2.75, 3.05) is 7.11 Å². The summed E-state index contributed by atoms with van der Waals surface area (Å²) in [6.07, 6.45) is 8.33. The molecule has 106 valence electrons. The molecule has 0 radical (unpaired) electrons. The van der Waals surface area contributed by atoms with E-state index in [0.717, 1.165) is 19.3 Å². The monoisotopic (exact) mass is 261 g/mol. The van der Waals surface area contributed by atoms with Crippen LogP contribution < -0.4 is 5.73 Å². The van der Waals surface area contributed by atoms with Gasteiger partial charge in [0.15, 0.2) is 0 Å². The van der Waals surface area contributed by atoms with Crippen molar-refractivity contribution in [3.63, 3.8) is 0 Å². The zero-order chi connectivity index (χ0) is 13.7. The lowest BCUT2D eigenvalue weighted by molar-refractivity contribution is -0.0442. The third-order valence-electron chi connectivity index (χ3n) is 4.67. The normalized spacial score (nSPS) is 20.8. The third-order valence-corrected chi connectivity index (χ3v) is 4.67. The van der Waals surface area contributed by atoms with Crippen LogP contribution in [-0.2, 0) is 11.2 Å². The van der Waals surface area contributed by atoms with Crippen molar-refractivity contribution in [2.24, 2.45) is 5.73 Å². The number of aryl methyl sites for hydroxylation is 1. The molecule has 0 aromatic heterocycles. The fraction of sp³-hybridized carbons (Fsp3) is 0.647. The molecule has 2 nitrogen and oxygen atoms in total. The van der Waals surface area contributed by atoms with Crippen LogP contribution >= 0.6 is 0 Å². The highest BCUT2D eigenvalue weighted by atomic mass is 16.5. The zero-order valence-electron chi connectivity index (χ0n) is 12.3. The lowest BCUT2D eigenvalue weighted by atomic mass is 9.82. The fourth-order valence-corrected chi connectivity index (χ4v) is 3.23. The van der Waals surface area contributed by atoms with Gasteiger partial charge in [0.25, 0.3) is 0 Å². The Morgan fingerprint density at radius 3 is 2.16 bits per heavy atom. The van der Waals surface area contributed by atoms with E-state index in [-0.39, 0.29) is 11.6 Å². The van der Waals surface area contributed by atoms with Gasteiger partial charge >= 0.3 is 0 Å². The highest BCUT2D eigenvalue weighted by molar-refractivity contribution is 5.27. The van der Waals surface area contributed by atoms with E-state index in [1.165, 1.54) is 36.8 Å². The Bertz CT molecular complexity index is 377. The van der Waals surface area contributed by atoms with Gasteiger partial charge in [-0.3, -0.25) is 0 Å². The molecule has 1 fully saturated rings. The summed E-state index contributed by atoms with van der Waals surface area (Å²) < 4.78 is 5.91. The number of hydrogen-bond donors (Lipinski definition) is 1. The fourth-order valence-electron chi connectivity index (χ4n) is 3.23. The Kier molecular flexibility index (Phi) is 5.00. The van der Waals surface area contributed by atoms with Gasteiger partial charge in [-0.1, -0.05) is 56.9 Å². The second-order valence-corrected chi connectivity index (χ2v) is 5.76. The minimum absolute atomic E-state index is 0.0125. The maximum Gasteiger partial charge on any atom is 0.0870 e. The van der Waals surface area contributed by atoms with Crippen LogP contribution in [0.25, 0.3) is 0 Å². The summed E-state index contributed by atoms with van der Waals surface area (Å²) in [5, 5.41) is 0. The smallest absolute Gasteiger partial charge is 0.0870 e. The van der Waals surface area contributed by atoms with E-state index >= 15 is 0 Å². The Morgan fingerprint density at radius 1 is 1.11 bits per heavy atom. The first-order chi connectivity index (χ1) is 9.22. The van der Waals surface area contributed by atoms with Crippen molar-refractivity contribution in [3.05, 3.63) is 35.4 Å². The molecule has 0 saturated heterocycles. The molecular weight excluding hydrogens is 234 g/mol. The largest absolute Gasteiger partial charge is 0.376 e. The summed E-state index contributed by atoms with van der Waals surface area (Å²) in [6.45, 7) is 2.18. The number of methoxy groups -OCH3 is 1. The van der Waals surface area contributed by atoms with Crippen LogP contribution in [0.5, 0.6) is 0 Å². The first kappa shape index (κ1) is 14.5. The van der Waals surface area contributed by atoms with E-state index in [0.29, 0.717) is 0 Å². The second kappa shape index (κ2) is 6.53. The lowest BCUT2D eigenvalue weighted by Crippen LogP contribution is -2.42. The predicted molar refractivity (Wildman–Crippen MR) is 80.2 cm³/mol. The first-order valence-electron chi connectivity index (χ1n) is 7.61. The molecule has 0 amide bonds. The van der Waals surface area contributed by atoms with Crippen LogP contribution in [0, 0.1) is 0 Å². The van der Waals surface area contributed by atoms with Gasteiger partial charge in [-0.25, -0.2) is 0 Å². The highest BCUT2D eigenvalue weighted by Gasteiger charge is 2.37. The Labute approximate surface area is 117 Å². The van der Waals surface area contributed by atoms with Crippen molar-refractivity contribution in [1.29, 1.82) is 0 Å². The van der Waals surface area contributed by atoms with Crippen molar-refractivity contribution in [1.82, 2.24) is 0 Å². The lowest BCUT2D eigenvalue weighted by Gasteiger charge is -2.37. The highest BCUT2D eigenvalue weighted by Crippen LogP contribution is 2.38. The molecule has 0 heterocycles. The van der Waals surface area contributed by atoms with Crippen molar-refractivity contribution in [2.45, 2.75) is 63.5 Å². The van der Waals surface area contributed by atoms with Gasteiger partial charge in [0, 0.05) is 7.11 Å². The number of benzene rings is 1. The Morgan fingerprint density at radius 2 is 1.68 bits per heavy atom. The van der Waals surface area contributed by atoms with Crippen molar-refractivity contribution in [3.8, 4) is 0 Å². The standard InChI is InChI=1S/C17H27NO/c1-3-14-8-10-15(11-9-14)16(18)17(19-2)12-6-4-5-7-13-17/h8-11,16H,3-7,12-13,18H2,1-2H3. The van der Waals surface area contributed by atoms with Crippen LogP contribution in [0.15, 0.2) is 24.3 Å². The number of nitrogens with two attached hydrogens (primary N) is 1. The zero-order valence-corrected chi connectivity index (χ0v) is 12.3. The average Bonchev–Trinajstić information content (AvgIpc) is 2.73. The summed E-state index contributed by atoms with van der Waals surface area (Å²) in [6, 6.07) is 8.72. The molecule has 1 aromatic rings. The summed E-state index contributed by atoms with van der Waals surface area (Å²) in [5.41, 5.74) is 8.96. The molecule has 1 saturated carbocycles. The van der Waals surface area contributed by atoms with Crippen molar-refractivity contribution >= 4 is 0 Å². The van der Waals surface area contributed by atoms with Gasteiger partial charge in [-0.15, -0.1) is 0 Å². The van der Waals surface area contributed by atoms with E-state index in [1.54, 1.807) is 0 Å². The number of ether oxygens (including phenoxy) is 1. The summed E-state index contributed by atoms with van der Waals surface area (Å²) >= 11 is 0. The summed E-state index contributed by atoms with van der Waals surface area (Å²) in [5.74, 6) is 0. The molecular formula is C17H27NO. The molecule has 1 atom stereocenters. The predicted octanol–water partition coefficient (Wildman–Crippen LogP) is 3.99. The molecule has 1 unspecified atom stereocenters. The quantitative estimate of drug-likeness (QED) is 0.832. The van der Waals surface area contributed by atoms with E-state index in [2.05, 4.69) is 31.2 Å². The van der Waals surface area contributed by atoms with Gasteiger partial charge in [0.05, 0.1) is 11.6 Å². The second-order valence-electron chi connectivity index (χ2n) is 5.76. The van der Waals surface area contributed by atoms with Crippen LogP contribution in [-0.4, -0.2) is 12.7 Å². The molecule has 1 aromatic carbocycles. The average molecular weight is 261 g/mol. The van der Waals surface area contributed by atoms with Gasteiger partial charge in [-0.2, -0.15) is 0 Å². The molecule has 1 aliphatic rings. The van der Waals surface area contributed by atoms with Crippen LogP contribution in [0.3, 0.4) is 0 Å². The van der Waals surface area contributed by atoms with Gasteiger partial charge in [0.2, 0.25) is 0 Å². The molecule has 0 aliphatic heterocycles. The van der Waals surface area contributed by atoms with E-state index in [4.69, 9.17) is 10.5 Å². The van der Waals surface area contributed by atoms with E-state index < -0.39 is 0 Å². The molecule has 2 N–H and O–H groups in total. The van der Waals surface area contributed by atoms with Gasteiger partial charge in [-0.05, 0) is 30.4 Å². The van der Waals surface area contributed by atoms with Gasteiger partial charge in [0.1, 0.15) is 0 Å². The first-order valence-corrected chi connectivity index (χ1v) is 7.61. The molecule has 0 bridgehead atoms. The molecule has 2 heteroatoms. The Balaban J connectivity index is 2.20. The minimum Gasteiger partial charge on any atom is -0.376 e.